The zero-order valence-electron chi connectivity index (χ0n) is 18.0. The van der Waals surface area contributed by atoms with Crippen LogP contribution in [0.5, 0.6) is 0 Å². The second kappa shape index (κ2) is 8.55. The third kappa shape index (κ3) is 3.86. The SMILES string of the molecule is O=C(CSc1nnc2n1CCCCC2)N1N=C(c2cc3ccccc3o2)CC1c1ccco1. The van der Waals surface area contributed by atoms with Gasteiger partial charge in [0.1, 0.15) is 28.9 Å². The molecule has 0 saturated heterocycles. The minimum absolute atomic E-state index is 0.0986. The number of aromatic nitrogens is 3. The van der Waals surface area contributed by atoms with E-state index in [4.69, 9.17) is 8.83 Å². The zero-order chi connectivity index (χ0) is 22.2. The molecule has 1 aromatic carbocycles. The highest BCUT2D eigenvalue weighted by atomic mass is 32.2. The Kier molecular flexibility index (Phi) is 5.26. The molecule has 1 atom stereocenters. The lowest BCUT2D eigenvalue weighted by Crippen LogP contribution is -2.28. The Labute approximate surface area is 194 Å². The number of para-hydroxylation sites is 1. The Morgan fingerprint density at radius 3 is 2.94 bits per heavy atom. The first-order chi connectivity index (χ1) is 16.3. The van der Waals surface area contributed by atoms with Crippen LogP contribution in [-0.4, -0.2) is 37.1 Å². The second-order valence-electron chi connectivity index (χ2n) is 8.32. The molecule has 3 aromatic heterocycles. The number of furan rings is 2. The number of amides is 1. The van der Waals surface area contributed by atoms with Gasteiger partial charge in [0.05, 0.1) is 12.0 Å². The number of fused-ring (bicyclic) bond motifs is 2. The molecule has 33 heavy (non-hydrogen) atoms. The Morgan fingerprint density at radius 2 is 2.06 bits per heavy atom. The van der Waals surface area contributed by atoms with Crippen LogP contribution in [0.2, 0.25) is 0 Å². The van der Waals surface area contributed by atoms with Crippen LogP contribution in [0.1, 0.15) is 49.1 Å². The molecule has 1 amide bonds. The summed E-state index contributed by atoms with van der Waals surface area (Å²) in [5, 5.41) is 16.7. The second-order valence-corrected chi connectivity index (χ2v) is 9.26. The fourth-order valence-electron chi connectivity index (χ4n) is 4.47. The van der Waals surface area contributed by atoms with E-state index in [1.54, 1.807) is 6.26 Å². The highest BCUT2D eigenvalue weighted by molar-refractivity contribution is 7.99. The van der Waals surface area contributed by atoms with Gasteiger partial charge in [-0.25, -0.2) is 5.01 Å². The van der Waals surface area contributed by atoms with Gasteiger partial charge in [-0.1, -0.05) is 36.4 Å². The first-order valence-corrected chi connectivity index (χ1v) is 12.2. The largest absolute Gasteiger partial charge is 0.467 e. The van der Waals surface area contributed by atoms with Crippen LogP contribution in [0, 0.1) is 0 Å². The Hall–Kier alpha value is -3.33. The number of hydrazone groups is 1. The van der Waals surface area contributed by atoms with Crippen LogP contribution >= 0.6 is 11.8 Å². The predicted molar refractivity (Wildman–Crippen MR) is 124 cm³/mol. The van der Waals surface area contributed by atoms with Crippen LogP contribution < -0.4 is 0 Å². The Balaban J connectivity index is 1.25. The van der Waals surface area contributed by atoms with Gasteiger partial charge in [-0.3, -0.25) is 4.79 Å². The topological polar surface area (TPSA) is 89.7 Å². The maximum Gasteiger partial charge on any atom is 0.253 e. The van der Waals surface area contributed by atoms with Crippen molar-refractivity contribution in [2.45, 2.75) is 49.8 Å². The lowest BCUT2D eigenvalue weighted by atomic mass is 10.1. The van der Waals surface area contributed by atoms with E-state index in [2.05, 4.69) is 19.9 Å². The maximum atomic E-state index is 13.3. The molecule has 0 bridgehead atoms. The van der Waals surface area contributed by atoms with Gasteiger partial charge in [-0.15, -0.1) is 10.2 Å². The number of benzene rings is 1. The van der Waals surface area contributed by atoms with Gasteiger partial charge in [0.25, 0.3) is 5.91 Å². The van der Waals surface area contributed by atoms with Gasteiger partial charge in [0.2, 0.25) is 0 Å². The van der Waals surface area contributed by atoms with Gasteiger partial charge in [0.15, 0.2) is 10.9 Å². The first-order valence-electron chi connectivity index (χ1n) is 11.2. The molecule has 2 aliphatic heterocycles. The molecule has 0 spiro atoms. The van der Waals surface area contributed by atoms with Crippen molar-refractivity contribution in [2.75, 3.05) is 5.75 Å². The summed E-state index contributed by atoms with van der Waals surface area (Å²) in [5.41, 5.74) is 1.54. The normalized spacial score (nSPS) is 18.4. The summed E-state index contributed by atoms with van der Waals surface area (Å²) in [6.07, 6.45) is 6.55. The molecule has 6 rings (SSSR count). The van der Waals surface area contributed by atoms with Crippen molar-refractivity contribution in [1.29, 1.82) is 0 Å². The summed E-state index contributed by atoms with van der Waals surface area (Å²) in [7, 11) is 0. The van der Waals surface area contributed by atoms with Crippen molar-refractivity contribution in [2.24, 2.45) is 5.10 Å². The van der Waals surface area contributed by atoms with Gasteiger partial charge in [0, 0.05) is 24.8 Å². The van der Waals surface area contributed by atoms with E-state index in [1.807, 2.05) is 42.5 Å². The van der Waals surface area contributed by atoms with Crippen LogP contribution in [0.3, 0.4) is 0 Å². The van der Waals surface area contributed by atoms with Gasteiger partial charge < -0.3 is 13.4 Å². The third-order valence-electron chi connectivity index (χ3n) is 6.15. The van der Waals surface area contributed by atoms with Crippen molar-refractivity contribution >= 4 is 34.3 Å². The van der Waals surface area contributed by atoms with E-state index in [0.29, 0.717) is 17.9 Å². The highest BCUT2D eigenvalue weighted by Crippen LogP contribution is 2.35. The number of hydrogen-bond acceptors (Lipinski definition) is 7. The third-order valence-corrected chi connectivity index (χ3v) is 7.10. The molecule has 2 aliphatic rings. The molecule has 0 aliphatic carbocycles. The number of carbonyl (C=O) groups is 1. The van der Waals surface area contributed by atoms with Crippen molar-refractivity contribution in [3.8, 4) is 0 Å². The van der Waals surface area contributed by atoms with Gasteiger partial charge >= 0.3 is 0 Å². The molecule has 9 heteroatoms. The number of thioether (sulfide) groups is 1. The average molecular weight is 462 g/mol. The molecular weight excluding hydrogens is 438 g/mol. The number of hydrogen-bond donors (Lipinski definition) is 0. The minimum Gasteiger partial charge on any atom is -0.467 e. The van der Waals surface area contributed by atoms with E-state index < -0.39 is 0 Å². The number of carbonyl (C=O) groups excluding carboxylic acids is 1. The molecule has 0 saturated carbocycles. The Morgan fingerprint density at radius 1 is 1.12 bits per heavy atom. The van der Waals surface area contributed by atoms with E-state index in [1.165, 1.54) is 23.2 Å². The molecule has 168 valence electrons. The van der Waals surface area contributed by atoms with Crippen LogP contribution in [0.15, 0.2) is 67.8 Å². The number of nitrogens with zero attached hydrogens (tertiary/aromatic N) is 5. The summed E-state index contributed by atoms with van der Waals surface area (Å²) in [4.78, 5) is 13.3. The smallest absolute Gasteiger partial charge is 0.253 e. The Bertz CT molecular complexity index is 1290. The fraction of sp³-hybridized carbons (Fsp3) is 0.333. The maximum absolute atomic E-state index is 13.3. The van der Waals surface area contributed by atoms with Gasteiger partial charge in [-0.05, 0) is 37.1 Å². The van der Waals surface area contributed by atoms with Gasteiger partial charge in [-0.2, -0.15) is 5.10 Å². The van der Waals surface area contributed by atoms with Crippen molar-refractivity contribution in [3.63, 3.8) is 0 Å². The fourth-order valence-corrected chi connectivity index (χ4v) is 5.31. The zero-order valence-corrected chi connectivity index (χ0v) is 18.8. The monoisotopic (exact) mass is 461 g/mol. The molecule has 0 N–H and O–H groups in total. The quantitative estimate of drug-likeness (QED) is 0.396. The van der Waals surface area contributed by atoms with Crippen LogP contribution in [0.25, 0.3) is 11.0 Å². The summed E-state index contributed by atoms with van der Waals surface area (Å²) < 4.78 is 13.8. The molecular formula is C24H23N5O3S. The lowest BCUT2D eigenvalue weighted by Gasteiger charge is -2.19. The molecule has 4 aromatic rings. The van der Waals surface area contributed by atoms with Crippen molar-refractivity contribution in [3.05, 3.63) is 66.1 Å². The van der Waals surface area contributed by atoms with E-state index in [0.717, 1.165) is 53.5 Å². The minimum atomic E-state index is -0.299. The van der Waals surface area contributed by atoms with Crippen molar-refractivity contribution < 1.29 is 13.6 Å². The number of aryl methyl sites for hydroxylation is 1. The molecule has 5 heterocycles. The standard InChI is InChI=1S/C24H23N5O3S/c30-23(15-33-24-26-25-22-10-2-1-5-11-28(22)24)29-18(20-9-6-12-31-20)14-17(27-29)21-13-16-7-3-4-8-19(16)32-21/h3-4,6-9,12-13,18H,1-2,5,10-11,14-15H2. The molecule has 1 unspecified atom stereocenters. The molecule has 0 radical (unpaired) electrons. The lowest BCUT2D eigenvalue weighted by molar-refractivity contribution is -0.130. The van der Waals surface area contributed by atoms with Crippen molar-refractivity contribution in [1.82, 2.24) is 19.8 Å². The highest BCUT2D eigenvalue weighted by Gasteiger charge is 2.36. The van der Waals surface area contributed by atoms with E-state index in [9.17, 15) is 4.79 Å². The molecule has 8 nitrogen and oxygen atoms in total. The predicted octanol–water partition coefficient (Wildman–Crippen LogP) is 4.81. The van der Waals surface area contributed by atoms with Crippen LogP contribution in [0.4, 0.5) is 0 Å². The van der Waals surface area contributed by atoms with Crippen LogP contribution in [-0.2, 0) is 17.8 Å². The summed E-state index contributed by atoms with van der Waals surface area (Å²) in [5.74, 6) is 2.53. The summed E-state index contributed by atoms with van der Waals surface area (Å²) in [6.45, 7) is 0.909. The average Bonchev–Trinajstić information content (AvgIpc) is 3.61. The van der Waals surface area contributed by atoms with E-state index >= 15 is 0 Å². The first kappa shape index (κ1) is 20.3. The summed E-state index contributed by atoms with van der Waals surface area (Å²) in [6, 6.07) is 13.2. The van der Waals surface area contributed by atoms with E-state index in [-0.39, 0.29) is 17.7 Å². The number of rotatable bonds is 5. The summed E-state index contributed by atoms with van der Waals surface area (Å²) >= 11 is 1.42. The molecule has 0 fully saturated rings.